The lowest BCUT2D eigenvalue weighted by Gasteiger charge is -2.23. The molecule has 4 heteroatoms. The summed E-state index contributed by atoms with van der Waals surface area (Å²) in [7, 11) is 0. The molecule has 19 heavy (non-hydrogen) atoms. The van der Waals surface area contributed by atoms with Gasteiger partial charge in [-0.2, -0.15) is 0 Å². The minimum absolute atomic E-state index is 0.0608. The molecule has 0 saturated carbocycles. The highest BCUT2D eigenvalue weighted by atomic mass is 19.1. The second kappa shape index (κ2) is 6.98. The molecule has 2 unspecified atom stereocenters. The molecular weight excluding hydrogens is 245 g/mol. The van der Waals surface area contributed by atoms with E-state index in [1.54, 1.807) is 18.2 Å². The van der Waals surface area contributed by atoms with Gasteiger partial charge in [0.1, 0.15) is 5.82 Å². The Bertz CT molecular complexity index is 390. The molecule has 1 rings (SSSR count). The largest absolute Gasteiger partial charge is 0.392 e. The topological polar surface area (TPSA) is 52.5 Å². The van der Waals surface area contributed by atoms with Crippen LogP contribution in [0.3, 0.4) is 0 Å². The fourth-order valence-electron chi connectivity index (χ4n) is 2.02. The summed E-state index contributed by atoms with van der Waals surface area (Å²) >= 11 is 0. The lowest BCUT2D eigenvalue weighted by molar-refractivity contribution is 0.110. The number of halogens is 1. The number of benzene rings is 1. The fraction of sp³-hybridized carbons (Fsp3) is 0.600. The predicted octanol–water partition coefficient (Wildman–Crippen LogP) is 2.25. The van der Waals surface area contributed by atoms with Crippen molar-refractivity contribution >= 4 is 0 Å². The molecule has 0 radical (unpaired) electrons. The second-order valence-corrected chi connectivity index (χ2v) is 6.11. The first-order valence-corrected chi connectivity index (χ1v) is 6.61. The van der Waals surface area contributed by atoms with Gasteiger partial charge in [-0.1, -0.05) is 39.0 Å². The molecule has 0 heterocycles. The van der Waals surface area contributed by atoms with Crippen LogP contribution >= 0.6 is 0 Å². The van der Waals surface area contributed by atoms with E-state index in [2.05, 4.69) is 26.1 Å². The standard InChI is InChI=1S/C15H24FNO2/c1-15(2,3)8-11(18)9-17-10-14(19)12-6-4-5-7-13(12)16/h4-7,11,14,17-19H,8-10H2,1-3H3. The van der Waals surface area contributed by atoms with Crippen LogP contribution in [0.4, 0.5) is 4.39 Å². The Balaban J connectivity index is 2.35. The first kappa shape index (κ1) is 16.1. The quantitative estimate of drug-likeness (QED) is 0.742. The average Bonchev–Trinajstić information content (AvgIpc) is 2.26. The number of aliphatic hydroxyl groups excluding tert-OH is 2. The van der Waals surface area contributed by atoms with Crippen molar-refractivity contribution in [3.05, 3.63) is 35.6 Å². The summed E-state index contributed by atoms with van der Waals surface area (Å²) in [5, 5.41) is 22.6. The molecule has 0 bridgehead atoms. The molecule has 0 aliphatic heterocycles. The average molecular weight is 269 g/mol. The molecular formula is C15H24FNO2. The fourth-order valence-corrected chi connectivity index (χ4v) is 2.02. The number of nitrogens with one attached hydrogen (secondary N) is 1. The molecule has 108 valence electrons. The molecule has 0 fully saturated rings. The minimum Gasteiger partial charge on any atom is -0.392 e. The zero-order valence-electron chi connectivity index (χ0n) is 11.9. The highest BCUT2D eigenvalue weighted by Gasteiger charge is 2.17. The maximum Gasteiger partial charge on any atom is 0.129 e. The SMILES string of the molecule is CC(C)(C)CC(O)CNCC(O)c1ccccc1F. The van der Waals surface area contributed by atoms with Crippen LogP contribution in [-0.4, -0.2) is 29.4 Å². The summed E-state index contributed by atoms with van der Waals surface area (Å²) in [6, 6.07) is 6.17. The summed E-state index contributed by atoms with van der Waals surface area (Å²) < 4.78 is 13.4. The Morgan fingerprint density at radius 3 is 2.37 bits per heavy atom. The molecule has 0 spiro atoms. The zero-order chi connectivity index (χ0) is 14.5. The smallest absolute Gasteiger partial charge is 0.129 e. The van der Waals surface area contributed by atoms with Crippen LogP contribution in [0.5, 0.6) is 0 Å². The third kappa shape index (κ3) is 6.14. The predicted molar refractivity (Wildman–Crippen MR) is 74.3 cm³/mol. The van der Waals surface area contributed by atoms with E-state index in [0.717, 1.165) is 0 Å². The Morgan fingerprint density at radius 2 is 1.79 bits per heavy atom. The van der Waals surface area contributed by atoms with Crippen LogP contribution in [0.25, 0.3) is 0 Å². The maximum atomic E-state index is 13.4. The van der Waals surface area contributed by atoms with E-state index >= 15 is 0 Å². The van der Waals surface area contributed by atoms with Gasteiger partial charge < -0.3 is 15.5 Å². The third-order valence-corrected chi connectivity index (χ3v) is 2.83. The van der Waals surface area contributed by atoms with Crippen LogP contribution in [0.1, 0.15) is 38.9 Å². The van der Waals surface area contributed by atoms with Crippen molar-refractivity contribution in [3.63, 3.8) is 0 Å². The van der Waals surface area contributed by atoms with Gasteiger partial charge in [-0.15, -0.1) is 0 Å². The van der Waals surface area contributed by atoms with Gasteiger partial charge in [-0.25, -0.2) is 4.39 Å². The van der Waals surface area contributed by atoms with Gasteiger partial charge >= 0.3 is 0 Å². The lowest BCUT2D eigenvalue weighted by atomic mass is 9.89. The number of rotatable bonds is 6. The van der Waals surface area contributed by atoms with Gasteiger partial charge in [0.2, 0.25) is 0 Å². The van der Waals surface area contributed by atoms with E-state index in [4.69, 9.17) is 0 Å². The van der Waals surface area contributed by atoms with E-state index in [0.29, 0.717) is 13.0 Å². The molecule has 2 atom stereocenters. The van der Waals surface area contributed by atoms with Crippen LogP contribution in [0, 0.1) is 11.2 Å². The molecule has 0 saturated heterocycles. The van der Waals surface area contributed by atoms with E-state index in [-0.39, 0.29) is 17.5 Å². The molecule has 1 aromatic carbocycles. The summed E-state index contributed by atoms with van der Waals surface area (Å²) in [4.78, 5) is 0. The van der Waals surface area contributed by atoms with Crippen molar-refractivity contribution in [1.29, 1.82) is 0 Å². The van der Waals surface area contributed by atoms with Crippen LogP contribution in [0.15, 0.2) is 24.3 Å². The molecule has 0 aromatic heterocycles. The van der Waals surface area contributed by atoms with Crippen molar-refractivity contribution in [2.45, 2.75) is 39.4 Å². The Hall–Kier alpha value is -0.970. The van der Waals surface area contributed by atoms with Gasteiger partial charge in [0.15, 0.2) is 0 Å². The Labute approximate surface area is 114 Å². The van der Waals surface area contributed by atoms with Gasteiger partial charge in [-0.05, 0) is 17.9 Å². The number of hydrogen-bond donors (Lipinski definition) is 3. The van der Waals surface area contributed by atoms with Crippen LogP contribution in [0.2, 0.25) is 0 Å². The Kier molecular flexibility index (Phi) is 5.91. The third-order valence-electron chi connectivity index (χ3n) is 2.83. The highest BCUT2D eigenvalue weighted by Crippen LogP contribution is 2.20. The monoisotopic (exact) mass is 269 g/mol. The molecule has 0 aliphatic rings. The molecule has 0 aliphatic carbocycles. The van der Waals surface area contributed by atoms with Crippen molar-refractivity contribution in [1.82, 2.24) is 5.32 Å². The van der Waals surface area contributed by atoms with Crippen molar-refractivity contribution in [3.8, 4) is 0 Å². The normalized spacial score (nSPS) is 15.3. The molecule has 0 amide bonds. The van der Waals surface area contributed by atoms with E-state index in [9.17, 15) is 14.6 Å². The first-order valence-electron chi connectivity index (χ1n) is 6.61. The maximum absolute atomic E-state index is 13.4. The second-order valence-electron chi connectivity index (χ2n) is 6.11. The summed E-state index contributed by atoms with van der Waals surface area (Å²) in [6.45, 7) is 6.80. The first-order chi connectivity index (χ1) is 8.79. The molecule has 3 nitrogen and oxygen atoms in total. The van der Waals surface area contributed by atoms with Gasteiger partial charge in [0.05, 0.1) is 12.2 Å². The number of hydrogen-bond acceptors (Lipinski definition) is 3. The van der Waals surface area contributed by atoms with Gasteiger partial charge in [0, 0.05) is 18.7 Å². The summed E-state index contributed by atoms with van der Waals surface area (Å²) in [5.41, 5.74) is 0.339. The van der Waals surface area contributed by atoms with Gasteiger partial charge in [0.25, 0.3) is 0 Å². The van der Waals surface area contributed by atoms with Gasteiger partial charge in [-0.3, -0.25) is 0 Å². The Morgan fingerprint density at radius 1 is 1.16 bits per heavy atom. The summed E-state index contributed by atoms with van der Waals surface area (Å²) in [6.07, 6.45) is -0.689. The van der Waals surface area contributed by atoms with Crippen molar-refractivity contribution in [2.75, 3.05) is 13.1 Å². The van der Waals surface area contributed by atoms with E-state index in [1.807, 2.05) is 0 Å². The lowest BCUT2D eigenvalue weighted by Crippen LogP contribution is -2.32. The number of aliphatic hydroxyl groups is 2. The van der Waals surface area contributed by atoms with E-state index in [1.165, 1.54) is 6.07 Å². The van der Waals surface area contributed by atoms with Crippen molar-refractivity contribution in [2.24, 2.45) is 5.41 Å². The van der Waals surface area contributed by atoms with Crippen molar-refractivity contribution < 1.29 is 14.6 Å². The molecule has 1 aromatic rings. The summed E-state index contributed by atoms with van der Waals surface area (Å²) in [5.74, 6) is -0.410. The highest BCUT2D eigenvalue weighted by molar-refractivity contribution is 5.19. The van der Waals surface area contributed by atoms with Crippen LogP contribution < -0.4 is 5.32 Å². The minimum atomic E-state index is -0.900. The zero-order valence-corrected chi connectivity index (χ0v) is 11.9. The molecule has 3 N–H and O–H groups in total. The van der Waals surface area contributed by atoms with E-state index < -0.39 is 18.0 Å². The van der Waals surface area contributed by atoms with Crippen LogP contribution in [-0.2, 0) is 0 Å².